The van der Waals surface area contributed by atoms with Gasteiger partial charge in [-0.2, -0.15) is 24.9 Å². The molecular formula is C13H18F4IN3S. The summed E-state index contributed by atoms with van der Waals surface area (Å²) in [5, 5.41) is 5.76. The van der Waals surface area contributed by atoms with Gasteiger partial charge in [-0.3, -0.25) is 4.99 Å². The number of alkyl halides is 3. The molecule has 0 fully saturated rings. The largest absolute Gasteiger partial charge is 0.416 e. The van der Waals surface area contributed by atoms with Crippen LogP contribution in [0.25, 0.3) is 0 Å². The number of halogens is 5. The van der Waals surface area contributed by atoms with E-state index in [0.717, 1.165) is 17.9 Å². The first-order valence-electron chi connectivity index (χ1n) is 6.17. The summed E-state index contributed by atoms with van der Waals surface area (Å²) in [7, 11) is 1.53. The van der Waals surface area contributed by atoms with Crippen LogP contribution >= 0.6 is 35.7 Å². The van der Waals surface area contributed by atoms with Crippen molar-refractivity contribution >= 4 is 41.7 Å². The smallest absolute Gasteiger partial charge is 0.356 e. The monoisotopic (exact) mass is 451 g/mol. The second-order valence-corrected chi connectivity index (χ2v) is 5.13. The molecule has 0 aliphatic carbocycles. The van der Waals surface area contributed by atoms with Gasteiger partial charge in [0.05, 0.1) is 5.56 Å². The number of thioether (sulfide) groups is 1. The molecule has 126 valence electrons. The predicted molar refractivity (Wildman–Crippen MR) is 93.4 cm³/mol. The Morgan fingerprint density at radius 1 is 1.27 bits per heavy atom. The molecule has 1 aromatic carbocycles. The molecule has 0 heterocycles. The van der Waals surface area contributed by atoms with Gasteiger partial charge in [-0.05, 0) is 24.0 Å². The van der Waals surface area contributed by atoms with E-state index in [1.54, 1.807) is 11.8 Å². The Morgan fingerprint density at radius 2 is 1.95 bits per heavy atom. The predicted octanol–water partition coefficient (Wildman–Crippen LogP) is 3.49. The fraction of sp³-hybridized carbons (Fsp3) is 0.462. The molecule has 0 unspecified atom stereocenters. The number of hydrogen-bond acceptors (Lipinski definition) is 2. The van der Waals surface area contributed by atoms with E-state index in [9.17, 15) is 17.6 Å². The van der Waals surface area contributed by atoms with Gasteiger partial charge in [0.15, 0.2) is 5.96 Å². The molecular weight excluding hydrogens is 433 g/mol. The van der Waals surface area contributed by atoms with Gasteiger partial charge in [0.25, 0.3) is 0 Å². The number of rotatable bonds is 5. The van der Waals surface area contributed by atoms with Gasteiger partial charge in [-0.1, -0.05) is 6.07 Å². The number of aliphatic imine (C=N–C) groups is 1. The van der Waals surface area contributed by atoms with Gasteiger partial charge in [-0.15, -0.1) is 24.0 Å². The van der Waals surface area contributed by atoms with Crippen LogP contribution in [0.2, 0.25) is 0 Å². The Bertz CT molecular complexity index is 495. The molecule has 0 amide bonds. The van der Waals surface area contributed by atoms with E-state index >= 15 is 0 Å². The zero-order valence-electron chi connectivity index (χ0n) is 12.1. The molecule has 1 rings (SSSR count). The molecule has 0 spiro atoms. The number of nitrogens with zero attached hydrogens (tertiary/aromatic N) is 1. The average molecular weight is 451 g/mol. The summed E-state index contributed by atoms with van der Waals surface area (Å²) >= 11 is 1.64. The number of guanidine groups is 1. The van der Waals surface area contributed by atoms with Crippen molar-refractivity contribution in [1.29, 1.82) is 0 Å². The standard InChI is InChI=1S/C13H17F4N3S.HI/c1-18-12(19-5-6-21-2)20-8-9-3-4-10(14)7-11(9)13(15,16)17;/h3-4,7H,5-6,8H2,1-2H3,(H2,18,19,20);1H. The maximum Gasteiger partial charge on any atom is 0.416 e. The van der Waals surface area contributed by atoms with E-state index in [1.807, 2.05) is 6.26 Å². The lowest BCUT2D eigenvalue weighted by atomic mass is 10.1. The highest BCUT2D eigenvalue weighted by Gasteiger charge is 2.33. The van der Waals surface area contributed by atoms with Crippen LogP contribution < -0.4 is 10.6 Å². The van der Waals surface area contributed by atoms with Crippen LogP contribution in [-0.2, 0) is 12.7 Å². The summed E-state index contributed by atoms with van der Waals surface area (Å²) in [5.74, 6) is 0.348. The van der Waals surface area contributed by atoms with Crippen LogP contribution in [0.15, 0.2) is 23.2 Å². The van der Waals surface area contributed by atoms with Crippen molar-refractivity contribution in [2.24, 2.45) is 4.99 Å². The third-order valence-corrected chi connectivity index (χ3v) is 3.26. The summed E-state index contributed by atoms with van der Waals surface area (Å²) in [6, 6.07) is 2.64. The number of benzene rings is 1. The first-order chi connectivity index (χ1) is 9.88. The third-order valence-electron chi connectivity index (χ3n) is 2.65. The van der Waals surface area contributed by atoms with Crippen molar-refractivity contribution in [2.45, 2.75) is 12.7 Å². The Morgan fingerprint density at radius 3 is 2.50 bits per heavy atom. The zero-order chi connectivity index (χ0) is 15.9. The molecule has 2 N–H and O–H groups in total. The first-order valence-corrected chi connectivity index (χ1v) is 7.57. The second kappa shape index (κ2) is 10.1. The van der Waals surface area contributed by atoms with Gasteiger partial charge < -0.3 is 10.6 Å². The molecule has 0 radical (unpaired) electrons. The molecule has 0 saturated heterocycles. The lowest BCUT2D eigenvalue weighted by molar-refractivity contribution is -0.138. The molecule has 3 nitrogen and oxygen atoms in total. The van der Waals surface area contributed by atoms with E-state index in [2.05, 4.69) is 15.6 Å². The molecule has 0 atom stereocenters. The lowest BCUT2D eigenvalue weighted by Crippen LogP contribution is -2.38. The Kier molecular flexibility index (Phi) is 9.81. The van der Waals surface area contributed by atoms with Crippen LogP contribution in [0.3, 0.4) is 0 Å². The highest BCUT2D eigenvalue weighted by atomic mass is 127. The van der Waals surface area contributed by atoms with Crippen LogP contribution in [0.4, 0.5) is 17.6 Å². The van der Waals surface area contributed by atoms with E-state index in [4.69, 9.17) is 0 Å². The minimum absolute atomic E-state index is 0. The highest BCUT2D eigenvalue weighted by molar-refractivity contribution is 14.0. The summed E-state index contributed by atoms with van der Waals surface area (Å²) in [4.78, 5) is 3.91. The van der Waals surface area contributed by atoms with E-state index in [-0.39, 0.29) is 36.1 Å². The van der Waals surface area contributed by atoms with Crippen LogP contribution in [0, 0.1) is 5.82 Å². The normalized spacial score (nSPS) is 11.8. The van der Waals surface area contributed by atoms with Crippen LogP contribution in [-0.4, -0.2) is 31.6 Å². The molecule has 0 aliphatic heterocycles. The third kappa shape index (κ3) is 7.03. The summed E-state index contributed by atoms with van der Waals surface area (Å²) in [5.41, 5.74) is -1.01. The Balaban J connectivity index is 0.00000441. The second-order valence-electron chi connectivity index (χ2n) is 4.14. The molecule has 22 heavy (non-hydrogen) atoms. The Labute approximate surface area is 148 Å². The zero-order valence-corrected chi connectivity index (χ0v) is 15.3. The Hall–Kier alpha value is -0.710. The van der Waals surface area contributed by atoms with E-state index in [0.29, 0.717) is 18.6 Å². The van der Waals surface area contributed by atoms with Crippen molar-refractivity contribution in [1.82, 2.24) is 10.6 Å². The average Bonchev–Trinajstić information content (AvgIpc) is 2.42. The topological polar surface area (TPSA) is 36.4 Å². The highest BCUT2D eigenvalue weighted by Crippen LogP contribution is 2.32. The van der Waals surface area contributed by atoms with E-state index < -0.39 is 17.6 Å². The van der Waals surface area contributed by atoms with Gasteiger partial charge in [0.1, 0.15) is 5.82 Å². The van der Waals surface area contributed by atoms with Gasteiger partial charge in [-0.25, -0.2) is 4.39 Å². The van der Waals surface area contributed by atoms with Crippen LogP contribution in [0.1, 0.15) is 11.1 Å². The molecule has 0 aromatic heterocycles. The van der Waals surface area contributed by atoms with Crippen molar-refractivity contribution in [2.75, 3.05) is 25.6 Å². The van der Waals surface area contributed by atoms with Crippen molar-refractivity contribution in [3.63, 3.8) is 0 Å². The van der Waals surface area contributed by atoms with Crippen LogP contribution in [0.5, 0.6) is 0 Å². The summed E-state index contributed by atoms with van der Waals surface area (Å²) < 4.78 is 51.5. The van der Waals surface area contributed by atoms with Crippen molar-refractivity contribution < 1.29 is 17.6 Å². The van der Waals surface area contributed by atoms with Crippen molar-refractivity contribution in [3.8, 4) is 0 Å². The van der Waals surface area contributed by atoms with E-state index in [1.165, 1.54) is 7.05 Å². The van der Waals surface area contributed by atoms with Crippen molar-refractivity contribution in [3.05, 3.63) is 35.1 Å². The summed E-state index contributed by atoms with van der Waals surface area (Å²) in [6.07, 6.45) is -2.64. The first kappa shape index (κ1) is 21.3. The fourth-order valence-corrected chi connectivity index (χ4v) is 1.94. The molecule has 0 bridgehead atoms. The fourth-order valence-electron chi connectivity index (χ4n) is 1.64. The maximum absolute atomic E-state index is 13.0. The SMILES string of the molecule is CN=C(NCCSC)NCc1ccc(F)cc1C(F)(F)F.I. The lowest BCUT2D eigenvalue weighted by Gasteiger charge is -2.15. The molecule has 0 aliphatic rings. The molecule has 9 heteroatoms. The van der Waals surface area contributed by atoms with Gasteiger partial charge in [0.2, 0.25) is 0 Å². The number of nitrogens with one attached hydrogen (secondary N) is 2. The summed E-state index contributed by atoms with van der Waals surface area (Å²) in [6.45, 7) is 0.560. The minimum atomic E-state index is -4.59. The van der Waals surface area contributed by atoms with Gasteiger partial charge in [0, 0.05) is 25.9 Å². The number of hydrogen-bond donors (Lipinski definition) is 2. The minimum Gasteiger partial charge on any atom is -0.356 e. The van der Waals surface area contributed by atoms with Gasteiger partial charge >= 0.3 is 6.18 Å². The molecule has 0 saturated carbocycles. The molecule has 1 aromatic rings. The quantitative estimate of drug-likeness (QED) is 0.237. The maximum atomic E-state index is 13.0.